The van der Waals surface area contributed by atoms with Gasteiger partial charge in [0.1, 0.15) is 11.3 Å². The lowest BCUT2D eigenvalue weighted by atomic mass is 9.77. The maximum absolute atomic E-state index is 13.9. The number of nitrogens with one attached hydrogen (secondary N) is 1. The summed E-state index contributed by atoms with van der Waals surface area (Å²) in [5.41, 5.74) is 4.06. The van der Waals surface area contributed by atoms with Crippen LogP contribution in [0.25, 0.3) is 22.0 Å². The molecule has 0 spiro atoms. The average molecular weight is 657 g/mol. The molecule has 0 radical (unpaired) electrons. The molecule has 1 fully saturated rings. The number of phenolic OH excluding ortho intramolecular Hbond substituents is 1. The number of piperidine rings is 1. The number of carboxylic acid groups (broad SMARTS) is 1. The van der Waals surface area contributed by atoms with Crippen molar-refractivity contribution in [3.05, 3.63) is 149 Å². The van der Waals surface area contributed by atoms with E-state index in [0.29, 0.717) is 41.2 Å². The molecule has 7 rings (SSSR count). The maximum Gasteiger partial charge on any atom is 0.407 e. The number of aromatic nitrogens is 2. The summed E-state index contributed by atoms with van der Waals surface area (Å²) in [5.74, 6) is -0.401. The lowest BCUT2D eigenvalue weighted by Gasteiger charge is -2.37. The lowest BCUT2D eigenvalue weighted by molar-refractivity contribution is -0.121. The number of carbonyl (C=O) groups excluding carboxylic acids is 1. The van der Waals surface area contributed by atoms with Crippen LogP contribution < -0.4 is 5.32 Å². The van der Waals surface area contributed by atoms with Crippen LogP contribution in [0.2, 0.25) is 5.02 Å². The Morgan fingerprint density at radius 3 is 2.00 bits per heavy atom. The zero-order valence-electron chi connectivity index (χ0n) is 26.0. The van der Waals surface area contributed by atoms with Crippen molar-refractivity contribution >= 4 is 40.3 Å². The minimum absolute atomic E-state index is 0.0789. The van der Waals surface area contributed by atoms with E-state index in [1.807, 2.05) is 77.5 Å². The summed E-state index contributed by atoms with van der Waals surface area (Å²) in [5, 5.41) is 29.4. The summed E-state index contributed by atoms with van der Waals surface area (Å²) in [6, 6.07) is 41.0. The van der Waals surface area contributed by atoms with E-state index in [1.165, 1.54) is 11.0 Å². The number of anilines is 1. The molecule has 1 atom stereocenters. The van der Waals surface area contributed by atoms with Crippen molar-refractivity contribution in [1.82, 2.24) is 14.7 Å². The molecule has 48 heavy (non-hydrogen) atoms. The Labute approximate surface area is 282 Å². The number of phenols is 1. The monoisotopic (exact) mass is 656 g/mol. The molecule has 2 heterocycles. The first kappa shape index (κ1) is 31.0. The number of carbonyl (C=O) groups is 2. The average Bonchev–Trinajstić information content (AvgIpc) is 3.48. The first-order valence-corrected chi connectivity index (χ1v) is 16.2. The predicted octanol–water partition coefficient (Wildman–Crippen LogP) is 8.23. The van der Waals surface area contributed by atoms with E-state index in [9.17, 15) is 19.8 Å². The third-order valence-electron chi connectivity index (χ3n) is 9.14. The number of nitrogens with zero attached hydrogens (tertiary/aromatic N) is 3. The molecule has 1 saturated heterocycles. The normalized spacial score (nSPS) is 14.9. The highest BCUT2D eigenvalue weighted by Gasteiger charge is 2.41. The van der Waals surface area contributed by atoms with E-state index in [0.717, 1.165) is 27.8 Å². The molecule has 2 amide bonds. The van der Waals surface area contributed by atoms with E-state index < -0.39 is 17.6 Å². The van der Waals surface area contributed by atoms with Crippen molar-refractivity contribution in [2.24, 2.45) is 5.92 Å². The number of aromatic hydroxyl groups is 1. The van der Waals surface area contributed by atoms with E-state index in [-0.39, 0.29) is 18.2 Å². The Morgan fingerprint density at radius 2 is 1.42 bits per heavy atom. The third kappa shape index (κ3) is 5.54. The number of benzene rings is 5. The lowest BCUT2D eigenvalue weighted by Crippen LogP contribution is -2.43. The van der Waals surface area contributed by atoms with Gasteiger partial charge in [-0.3, -0.25) is 4.79 Å². The van der Waals surface area contributed by atoms with Gasteiger partial charge in [0.05, 0.1) is 11.4 Å². The van der Waals surface area contributed by atoms with Crippen LogP contribution in [-0.4, -0.2) is 50.0 Å². The second kappa shape index (κ2) is 12.9. The van der Waals surface area contributed by atoms with Crippen molar-refractivity contribution in [1.29, 1.82) is 0 Å². The SMILES string of the molecule is O=C(Nc1nn(C(c2ccccc2)(c2ccccc2)c2ccccc2)c2ccc(-c3cc(O)ccc3Cl)cc12)[C@@H]1CCCN(C(=O)O)C1. The van der Waals surface area contributed by atoms with Gasteiger partial charge in [-0.25, -0.2) is 9.48 Å². The standard InChI is InChI=1S/C39H33ClN4O4/c40-34-20-19-31(45)24-32(34)26-18-21-35-33(23-26)36(41-37(46)27-11-10-22-43(25-27)38(47)48)42-44(35)39(28-12-4-1-5-13-28,29-14-6-2-7-15-29)30-16-8-3-9-17-30/h1-9,12-21,23-24,27,45H,10-11,22,25H2,(H,47,48)(H,41,42,46)/t27-/m1/s1. The van der Waals surface area contributed by atoms with E-state index >= 15 is 0 Å². The van der Waals surface area contributed by atoms with E-state index in [4.69, 9.17) is 16.7 Å². The molecule has 0 aliphatic carbocycles. The van der Waals surface area contributed by atoms with Gasteiger partial charge in [0.2, 0.25) is 5.91 Å². The van der Waals surface area contributed by atoms with Crippen LogP contribution in [0.4, 0.5) is 10.6 Å². The molecule has 1 aliphatic rings. The smallest absolute Gasteiger partial charge is 0.407 e. The van der Waals surface area contributed by atoms with Gasteiger partial charge in [-0.05, 0) is 65.4 Å². The van der Waals surface area contributed by atoms with Crippen LogP contribution in [0.1, 0.15) is 29.5 Å². The highest BCUT2D eigenvalue weighted by atomic mass is 35.5. The fourth-order valence-corrected chi connectivity index (χ4v) is 7.08. The summed E-state index contributed by atoms with van der Waals surface area (Å²) in [7, 11) is 0. The van der Waals surface area contributed by atoms with Crippen molar-refractivity contribution in [3.63, 3.8) is 0 Å². The van der Waals surface area contributed by atoms with Crippen molar-refractivity contribution in [2.75, 3.05) is 18.4 Å². The quantitative estimate of drug-likeness (QED) is 0.150. The van der Waals surface area contributed by atoms with Gasteiger partial charge in [-0.2, -0.15) is 5.10 Å². The van der Waals surface area contributed by atoms with Gasteiger partial charge < -0.3 is 20.4 Å². The zero-order valence-corrected chi connectivity index (χ0v) is 26.7. The van der Waals surface area contributed by atoms with Crippen molar-refractivity contribution in [3.8, 4) is 16.9 Å². The fourth-order valence-electron chi connectivity index (χ4n) is 6.86. The number of rotatable bonds is 7. The van der Waals surface area contributed by atoms with Crippen LogP contribution in [-0.2, 0) is 10.3 Å². The molecule has 0 saturated carbocycles. The molecule has 0 bridgehead atoms. The van der Waals surface area contributed by atoms with Crippen LogP contribution >= 0.6 is 11.6 Å². The molecule has 1 aromatic heterocycles. The molecular formula is C39H33ClN4O4. The third-order valence-corrected chi connectivity index (χ3v) is 9.47. The van der Waals surface area contributed by atoms with Crippen LogP contribution in [0.15, 0.2) is 127 Å². The second-order valence-electron chi connectivity index (χ2n) is 12.0. The van der Waals surface area contributed by atoms with Gasteiger partial charge in [0.25, 0.3) is 0 Å². The topological polar surface area (TPSA) is 108 Å². The first-order valence-electron chi connectivity index (χ1n) is 15.8. The molecule has 8 nitrogen and oxygen atoms in total. The molecule has 3 N–H and O–H groups in total. The van der Waals surface area contributed by atoms with Gasteiger partial charge in [-0.15, -0.1) is 0 Å². The number of hydrogen-bond donors (Lipinski definition) is 3. The molecule has 6 aromatic rings. The van der Waals surface area contributed by atoms with E-state index in [2.05, 4.69) is 41.7 Å². The number of amides is 2. The fraction of sp³-hybridized carbons (Fsp3) is 0.154. The summed E-state index contributed by atoms with van der Waals surface area (Å²) in [6.45, 7) is 0.518. The minimum Gasteiger partial charge on any atom is -0.508 e. The number of likely N-dealkylation sites (tertiary alicyclic amines) is 1. The Kier molecular flexibility index (Phi) is 8.33. The summed E-state index contributed by atoms with van der Waals surface area (Å²) < 4.78 is 1.97. The molecule has 1 aliphatic heterocycles. The van der Waals surface area contributed by atoms with Crippen LogP contribution in [0.5, 0.6) is 5.75 Å². The van der Waals surface area contributed by atoms with Gasteiger partial charge in [0, 0.05) is 29.1 Å². The van der Waals surface area contributed by atoms with Gasteiger partial charge in [0.15, 0.2) is 5.82 Å². The maximum atomic E-state index is 13.9. The highest BCUT2D eigenvalue weighted by molar-refractivity contribution is 6.33. The Balaban J connectivity index is 1.49. The van der Waals surface area contributed by atoms with E-state index in [1.54, 1.807) is 12.1 Å². The molecular weight excluding hydrogens is 624 g/mol. The highest BCUT2D eigenvalue weighted by Crippen LogP contribution is 2.44. The number of hydrogen-bond acceptors (Lipinski definition) is 4. The number of fused-ring (bicyclic) bond motifs is 1. The second-order valence-corrected chi connectivity index (χ2v) is 12.4. The first-order chi connectivity index (χ1) is 23.4. The molecule has 240 valence electrons. The summed E-state index contributed by atoms with van der Waals surface area (Å²) in [6.07, 6.45) is 0.132. The van der Waals surface area contributed by atoms with Crippen LogP contribution in [0.3, 0.4) is 0 Å². The molecule has 5 aromatic carbocycles. The summed E-state index contributed by atoms with van der Waals surface area (Å²) >= 11 is 6.61. The number of halogens is 1. The Bertz CT molecular complexity index is 2000. The Hall–Kier alpha value is -5.60. The van der Waals surface area contributed by atoms with Gasteiger partial charge in [-0.1, -0.05) is 109 Å². The van der Waals surface area contributed by atoms with Crippen molar-refractivity contribution in [2.45, 2.75) is 18.4 Å². The van der Waals surface area contributed by atoms with Crippen LogP contribution in [0, 0.1) is 5.92 Å². The predicted molar refractivity (Wildman–Crippen MR) is 187 cm³/mol. The van der Waals surface area contributed by atoms with Crippen molar-refractivity contribution < 1.29 is 19.8 Å². The molecule has 9 heteroatoms. The van der Waals surface area contributed by atoms with Gasteiger partial charge >= 0.3 is 6.09 Å². The largest absolute Gasteiger partial charge is 0.508 e. The zero-order chi connectivity index (χ0) is 33.3. The summed E-state index contributed by atoms with van der Waals surface area (Å²) in [4.78, 5) is 26.9. The minimum atomic E-state index is -1.03. The molecule has 0 unspecified atom stereocenters. The Morgan fingerprint density at radius 1 is 0.812 bits per heavy atom.